The van der Waals surface area contributed by atoms with E-state index in [0.717, 1.165) is 5.56 Å². The van der Waals surface area contributed by atoms with Crippen LogP contribution >= 0.6 is 23.1 Å². The normalized spacial score (nSPS) is 10.4. The van der Waals surface area contributed by atoms with Crippen LogP contribution in [-0.4, -0.2) is 43.0 Å². The molecule has 0 spiro atoms. The van der Waals surface area contributed by atoms with Crippen molar-refractivity contribution in [3.63, 3.8) is 0 Å². The van der Waals surface area contributed by atoms with Gasteiger partial charge in [-0.25, -0.2) is 4.79 Å². The number of ether oxygens (including phenoxy) is 2. The third kappa shape index (κ3) is 6.59. The molecule has 7 nitrogen and oxygen atoms in total. The van der Waals surface area contributed by atoms with Gasteiger partial charge in [-0.3, -0.25) is 9.59 Å². The Labute approximate surface area is 200 Å². The molecule has 0 radical (unpaired) electrons. The van der Waals surface area contributed by atoms with E-state index in [0.29, 0.717) is 27.6 Å². The molecule has 0 atom stereocenters. The summed E-state index contributed by atoms with van der Waals surface area (Å²) >= 11 is 2.44. The molecule has 3 rings (SSSR count). The van der Waals surface area contributed by atoms with Crippen molar-refractivity contribution in [2.24, 2.45) is 0 Å². The molecule has 3 aromatic rings. The number of rotatable bonds is 10. The van der Waals surface area contributed by atoms with Crippen molar-refractivity contribution in [3.05, 3.63) is 65.5 Å². The summed E-state index contributed by atoms with van der Waals surface area (Å²) in [7, 11) is 1.53. The zero-order valence-corrected chi connectivity index (χ0v) is 19.9. The van der Waals surface area contributed by atoms with Gasteiger partial charge in [-0.2, -0.15) is 0 Å². The zero-order valence-electron chi connectivity index (χ0n) is 18.3. The van der Waals surface area contributed by atoms with Crippen molar-refractivity contribution in [1.29, 1.82) is 0 Å². The third-order valence-corrected chi connectivity index (χ3v) is 6.28. The van der Waals surface area contributed by atoms with E-state index in [-0.39, 0.29) is 29.9 Å². The second-order valence-corrected chi connectivity index (χ2v) is 8.59. The third-order valence-electron chi connectivity index (χ3n) is 4.46. The van der Waals surface area contributed by atoms with Gasteiger partial charge in [0.1, 0.15) is 16.3 Å². The number of amides is 2. The summed E-state index contributed by atoms with van der Waals surface area (Å²) in [6.07, 6.45) is 0. The first kappa shape index (κ1) is 24.3. The van der Waals surface area contributed by atoms with Crippen molar-refractivity contribution >= 4 is 51.6 Å². The number of hydrogen-bond donors (Lipinski definition) is 2. The fourth-order valence-corrected chi connectivity index (χ4v) is 4.61. The Bertz CT molecular complexity index is 1120. The Morgan fingerprint density at radius 1 is 0.939 bits per heavy atom. The molecule has 0 unspecified atom stereocenters. The summed E-state index contributed by atoms with van der Waals surface area (Å²) in [4.78, 5) is 37.3. The summed E-state index contributed by atoms with van der Waals surface area (Å²) < 4.78 is 10.4. The maximum atomic E-state index is 12.6. The van der Waals surface area contributed by atoms with Crippen molar-refractivity contribution in [2.45, 2.75) is 6.92 Å². The molecule has 2 N–H and O–H groups in total. The van der Waals surface area contributed by atoms with Crippen molar-refractivity contribution in [3.8, 4) is 16.9 Å². The highest BCUT2D eigenvalue weighted by molar-refractivity contribution is 8.00. The van der Waals surface area contributed by atoms with E-state index in [1.807, 2.05) is 41.8 Å². The van der Waals surface area contributed by atoms with Gasteiger partial charge < -0.3 is 20.1 Å². The molecule has 0 saturated carbocycles. The standard InChI is InChI=1S/C24H24N2O5S2/c1-3-31-24(29)22-17(16-9-5-4-6-10-16)13-33-23(22)26-21(28)15-32-14-20(27)25-18-11-7-8-12-19(18)30-2/h4-13H,3,14-15H2,1-2H3,(H,25,27)(H,26,28). The van der Waals surface area contributed by atoms with Gasteiger partial charge >= 0.3 is 5.97 Å². The van der Waals surface area contributed by atoms with Crippen LogP contribution < -0.4 is 15.4 Å². The minimum Gasteiger partial charge on any atom is -0.495 e. The number of carbonyl (C=O) groups is 3. The largest absolute Gasteiger partial charge is 0.495 e. The van der Waals surface area contributed by atoms with Crippen LogP contribution in [0.4, 0.5) is 10.7 Å². The lowest BCUT2D eigenvalue weighted by molar-refractivity contribution is -0.114. The summed E-state index contributed by atoms with van der Waals surface area (Å²) in [5, 5.41) is 7.81. The molecule has 0 fully saturated rings. The van der Waals surface area contributed by atoms with Crippen LogP contribution in [-0.2, 0) is 14.3 Å². The number of para-hydroxylation sites is 2. The quantitative estimate of drug-likeness (QED) is 0.397. The van der Waals surface area contributed by atoms with Gasteiger partial charge in [0, 0.05) is 10.9 Å². The lowest BCUT2D eigenvalue weighted by atomic mass is 10.0. The molecule has 2 aromatic carbocycles. The average Bonchev–Trinajstić information content (AvgIpc) is 3.23. The Kier molecular flexibility index (Phi) is 8.91. The number of nitrogens with one attached hydrogen (secondary N) is 2. The van der Waals surface area contributed by atoms with Crippen molar-refractivity contribution < 1.29 is 23.9 Å². The molecule has 0 saturated heterocycles. The lowest BCUT2D eigenvalue weighted by Crippen LogP contribution is -2.19. The van der Waals surface area contributed by atoms with E-state index >= 15 is 0 Å². The van der Waals surface area contributed by atoms with Gasteiger partial charge in [-0.15, -0.1) is 23.1 Å². The van der Waals surface area contributed by atoms with Crippen LogP contribution in [0, 0.1) is 0 Å². The topological polar surface area (TPSA) is 93.7 Å². The van der Waals surface area contributed by atoms with E-state index in [4.69, 9.17) is 9.47 Å². The highest BCUT2D eigenvalue weighted by atomic mass is 32.2. The molecule has 0 bridgehead atoms. The molecule has 1 aromatic heterocycles. The number of thioether (sulfide) groups is 1. The number of anilines is 2. The highest BCUT2D eigenvalue weighted by Gasteiger charge is 2.22. The van der Waals surface area contributed by atoms with E-state index in [2.05, 4.69) is 10.6 Å². The molecular weight excluding hydrogens is 460 g/mol. The molecule has 33 heavy (non-hydrogen) atoms. The summed E-state index contributed by atoms with van der Waals surface area (Å²) in [6.45, 7) is 1.96. The maximum absolute atomic E-state index is 12.6. The van der Waals surface area contributed by atoms with Gasteiger partial charge in [0.05, 0.1) is 30.9 Å². The molecule has 0 aliphatic rings. The van der Waals surface area contributed by atoms with Gasteiger partial charge in [-0.1, -0.05) is 42.5 Å². The van der Waals surface area contributed by atoms with Crippen LogP contribution in [0.15, 0.2) is 60.0 Å². The number of thiophene rings is 1. The van der Waals surface area contributed by atoms with Gasteiger partial charge in [-0.05, 0) is 24.6 Å². The van der Waals surface area contributed by atoms with Crippen LogP contribution in [0.25, 0.3) is 11.1 Å². The molecule has 1 heterocycles. The summed E-state index contributed by atoms with van der Waals surface area (Å²) in [5.74, 6) is -0.330. The van der Waals surface area contributed by atoms with Gasteiger partial charge in [0.2, 0.25) is 11.8 Å². The fraction of sp³-hybridized carbons (Fsp3) is 0.208. The number of carbonyl (C=O) groups excluding carboxylic acids is 3. The monoisotopic (exact) mass is 484 g/mol. The zero-order chi connectivity index (χ0) is 23.6. The number of benzene rings is 2. The summed E-state index contributed by atoms with van der Waals surface area (Å²) in [5.41, 5.74) is 2.47. The summed E-state index contributed by atoms with van der Waals surface area (Å²) in [6, 6.07) is 16.5. The predicted molar refractivity (Wildman–Crippen MR) is 133 cm³/mol. The molecule has 2 amide bonds. The molecule has 172 valence electrons. The number of esters is 1. The highest BCUT2D eigenvalue weighted by Crippen LogP contribution is 2.36. The van der Waals surface area contributed by atoms with Crippen molar-refractivity contribution in [2.75, 3.05) is 35.9 Å². The Hall–Kier alpha value is -3.30. The first-order valence-electron chi connectivity index (χ1n) is 10.2. The van der Waals surface area contributed by atoms with E-state index < -0.39 is 5.97 Å². The van der Waals surface area contributed by atoms with Crippen molar-refractivity contribution in [1.82, 2.24) is 0 Å². The SMILES string of the molecule is CCOC(=O)c1c(-c2ccccc2)csc1NC(=O)CSCC(=O)Nc1ccccc1OC. The van der Waals surface area contributed by atoms with Crippen LogP contribution in [0.3, 0.4) is 0 Å². The second kappa shape index (κ2) is 12.1. The first-order valence-corrected chi connectivity index (χ1v) is 12.2. The van der Waals surface area contributed by atoms with Gasteiger partial charge in [0.25, 0.3) is 0 Å². The minimum atomic E-state index is -0.489. The molecule has 0 aliphatic carbocycles. The minimum absolute atomic E-state index is 0.0557. The smallest absolute Gasteiger partial charge is 0.341 e. The first-order chi connectivity index (χ1) is 16.0. The van der Waals surface area contributed by atoms with Gasteiger partial charge in [0.15, 0.2) is 0 Å². The Morgan fingerprint density at radius 3 is 2.30 bits per heavy atom. The fourth-order valence-electron chi connectivity index (χ4n) is 3.02. The Balaban J connectivity index is 1.60. The average molecular weight is 485 g/mol. The lowest BCUT2D eigenvalue weighted by Gasteiger charge is -2.10. The predicted octanol–water partition coefficient (Wildman–Crippen LogP) is 4.91. The Morgan fingerprint density at radius 2 is 1.61 bits per heavy atom. The number of hydrogen-bond acceptors (Lipinski definition) is 7. The van der Waals surface area contributed by atoms with Crippen LogP contribution in [0.2, 0.25) is 0 Å². The molecular formula is C24H24N2O5S2. The second-order valence-electron chi connectivity index (χ2n) is 6.73. The van der Waals surface area contributed by atoms with E-state index in [1.54, 1.807) is 25.1 Å². The van der Waals surface area contributed by atoms with Crippen LogP contribution in [0.5, 0.6) is 5.75 Å². The van der Waals surface area contributed by atoms with E-state index in [1.165, 1.54) is 30.2 Å². The molecule has 9 heteroatoms. The van der Waals surface area contributed by atoms with E-state index in [9.17, 15) is 14.4 Å². The maximum Gasteiger partial charge on any atom is 0.341 e. The van der Waals surface area contributed by atoms with Crippen LogP contribution in [0.1, 0.15) is 17.3 Å². The molecule has 0 aliphatic heterocycles. The number of methoxy groups -OCH3 is 1.